The van der Waals surface area contributed by atoms with E-state index in [1.54, 1.807) is 0 Å². The lowest BCUT2D eigenvalue weighted by Crippen LogP contribution is -2.50. The van der Waals surface area contributed by atoms with Crippen molar-refractivity contribution in [1.82, 2.24) is 9.80 Å². The molecule has 2 heterocycles. The zero-order chi connectivity index (χ0) is 17.9. The molecular weight excluding hydrogens is 316 g/mol. The number of amides is 1. The number of hydrogen-bond acceptors (Lipinski definition) is 3. The number of hydrogen-bond donors (Lipinski definition) is 1. The highest BCUT2D eigenvalue weighted by atomic mass is 16.4. The maximum atomic E-state index is 12.7. The number of piperidine rings is 1. The van der Waals surface area contributed by atoms with Crippen LogP contribution < -0.4 is 0 Å². The number of rotatable bonds is 4. The highest BCUT2D eigenvalue weighted by molar-refractivity contribution is 5.80. The van der Waals surface area contributed by atoms with Crippen LogP contribution in [0.4, 0.5) is 0 Å². The van der Waals surface area contributed by atoms with Gasteiger partial charge in [-0.1, -0.05) is 31.2 Å². The first-order valence-electron chi connectivity index (χ1n) is 9.30. The summed E-state index contributed by atoms with van der Waals surface area (Å²) in [6.45, 7) is 6.71. The van der Waals surface area contributed by atoms with Crippen molar-refractivity contribution in [3.8, 4) is 0 Å². The number of carbonyl (C=O) groups excluding carboxylic acids is 1. The summed E-state index contributed by atoms with van der Waals surface area (Å²) in [5.74, 6) is -0.944. The minimum Gasteiger partial charge on any atom is -0.481 e. The lowest BCUT2D eigenvalue weighted by Gasteiger charge is -2.44. The van der Waals surface area contributed by atoms with Gasteiger partial charge in [-0.3, -0.25) is 9.59 Å². The largest absolute Gasteiger partial charge is 0.481 e. The first-order valence-corrected chi connectivity index (χ1v) is 9.30. The number of carbonyl (C=O) groups is 2. The molecule has 1 amide bonds. The normalized spacial score (nSPS) is 24.0. The van der Waals surface area contributed by atoms with E-state index in [4.69, 9.17) is 5.11 Å². The Labute approximate surface area is 149 Å². The Kier molecular flexibility index (Phi) is 5.42. The van der Waals surface area contributed by atoms with Crippen molar-refractivity contribution in [3.05, 3.63) is 35.4 Å². The molecule has 5 heteroatoms. The van der Waals surface area contributed by atoms with Gasteiger partial charge in [0.25, 0.3) is 0 Å². The zero-order valence-corrected chi connectivity index (χ0v) is 15.0. The Morgan fingerprint density at radius 3 is 2.64 bits per heavy atom. The van der Waals surface area contributed by atoms with Gasteiger partial charge >= 0.3 is 5.97 Å². The van der Waals surface area contributed by atoms with E-state index >= 15 is 0 Å². The average Bonchev–Trinajstić information content (AvgIpc) is 2.76. The van der Waals surface area contributed by atoms with Gasteiger partial charge in [-0.05, 0) is 43.5 Å². The predicted octanol–water partition coefficient (Wildman–Crippen LogP) is 2.54. The molecular formula is C20H28N2O3. The van der Waals surface area contributed by atoms with Gasteiger partial charge in [0.15, 0.2) is 0 Å². The minimum absolute atomic E-state index is 0.0351. The van der Waals surface area contributed by atoms with E-state index in [2.05, 4.69) is 30.0 Å². The Morgan fingerprint density at radius 1 is 1.16 bits per heavy atom. The Bertz CT molecular complexity index is 646. The second-order valence-electron chi connectivity index (χ2n) is 7.56. The van der Waals surface area contributed by atoms with Gasteiger partial charge in [-0.15, -0.1) is 0 Å². The molecule has 1 spiro atoms. The number of nitrogens with zero attached hydrogens (tertiary/aromatic N) is 2. The fourth-order valence-electron chi connectivity index (χ4n) is 4.41. The molecule has 0 bridgehead atoms. The van der Waals surface area contributed by atoms with Gasteiger partial charge in [-0.25, -0.2) is 0 Å². The molecule has 1 saturated heterocycles. The summed E-state index contributed by atoms with van der Waals surface area (Å²) in [6, 6.07) is 8.39. The summed E-state index contributed by atoms with van der Waals surface area (Å²) in [6.07, 6.45) is 3.28. The van der Waals surface area contributed by atoms with E-state index in [9.17, 15) is 9.59 Å². The van der Waals surface area contributed by atoms with Crippen molar-refractivity contribution in [2.24, 2.45) is 5.41 Å². The van der Waals surface area contributed by atoms with Gasteiger partial charge in [-0.2, -0.15) is 0 Å². The molecule has 1 fully saturated rings. The SMILES string of the molecule is CCN1CCCC2(Cc3ccccc3CN(C(=O)CCC(=O)O)C2)C1. The predicted molar refractivity (Wildman–Crippen MR) is 96.2 cm³/mol. The van der Waals surface area contributed by atoms with Crippen molar-refractivity contribution >= 4 is 11.9 Å². The molecule has 1 N–H and O–H groups in total. The van der Waals surface area contributed by atoms with Gasteiger partial charge in [0.2, 0.25) is 5.91 Å². The molecule has 0 saturated carbocycles. The van der Waals surface area contributed by atoms with Crippen LogP contribution in [0.5, 0.6) is 0 Å². The number of likely N-dealkylation sites (tertiary alicyclic amines) is 1. The number of carboxylic acid groups (broad SMARTS) is 1. The van der Waals surface area contributed by atoms with E-state index in [1.165, 1.54) is 11.1 Å². The molecule has 5 nitrogen and oxygen atoms in total. The molecule has 0 radical (unpaired) electrons. The summed E-state index contributed by atoms with van der Waals surface area (Å²) in [5, 5.41) is 8.91. The third-order valence-electron chi connectivity index (χ3n) is 5.66. The Morgan fingerprint density at radius 2 is 1.92 bits per heavy atom. The maximum absolute atomic E-state index is 12.7. The number of carboxylic acids is 1. The minimum atomic E-state index is -0.909. The monoisotopic (exact) mass is 344 g/mol. The summed E-state index contributed by atoms with van der Waals surface area (Å²) in [5.41, 5.74) is 2.63. The van der Waals surface area contributed by atoms with Gasteiger partial charge < -0.3 is 14.9 Å². The van der Waals surface area contributed by atoms with Crippen molar-refractivity contribution in [2.75, 3.05) is 26.2 Å². The molecule has 136 valence electrons. The van der Waals surface area contributed by atoms with Crippen LogP contribution in [0.25, 0.3) is 0 Å². The lowest BCUT2D eigenvalue weighted by molar-refractivity contribution is -0.141. The molecule has 3 rings (SSSR count). The van der Waals surface area contributed by atoms with E-state index in [0.717, 1.165) is 45.4 Å². The molecule has 1 atom stereocenters. The molecule has 0 aliphatic carbocycles. The third-order valence-corrected chi connectivity index (χ3v) is 5.66. The second kappa shape index (κ2) is 7.56. The van der Waals surface area contributed by atoms with E-state index in [-0.39, 0.29) is 24.2 Å². The first-order chi connectivity index (χ1) is 12.0. The second-order valence-corrected chi connectivity index (χ2v) is 7.56. The van der Waals surface area contributed by atoms with Gasteiger partial charge in [0, 0.05) is 31.5 Å². The quantitative estimate of drug-likeness (QED) is 0.912. The van der Waals surface area contributed by atoms with Crippen LogP contribution in [-0.2, 0) is 22.6 Å². The smallest absolute Gasteiger partial charge is 0.303 e. The van der Waals surface area contributed by atoms with Crippen LogP contribution in [0.3, 0.4) is 0 Å². The summed E-state index contributed by atoms with van der Waals surface area (Å²) in [4.78, 5) is 27.9. The summed E-state index contributed by atoms with van der Waals surface area (Å²) >= 11 is 0. The van der Waals surface area contributed by atoms with E-state index < -0.39 is 5.97 Å². The molecule has 0 aromatic heterocycles. The first kappa shape index (κ1) is 17.9. The Balaban J connectivity index is 1.87. The maximum Gasteiger partial charge on any atom is 0.303 e. The lowest BCUT2D eigenvalue weighted by atomic mass is 9.75. The standard InChI is InChI=1S/C20H28N2O3/c1-2-21-11-5-10-20(14-21)12-16-6-3-4-7-17(16)13-22(15-20)18(23)8-9-19(24)25/h3-4,6-7H,2,5,8-15H2,1H3,(H,24,25). The Hall–Kier alpha value is -1.88. The van der Waals surface area contributed by atoms with Crippen LogP contribution >= 0.6 is 0 Å². The molecule has 1 unspecified atom stereocenters. The van der Waals surface area contributed by atoms with Crippen LogP contribution in [-0.4, -0.2) is 53.0 Å². The van der Waals surface area contributed by atoms with Crippen LogP contribution in [0, 0.1) is 5.41 Å². The van der Waals surface area contributed by atoms with E-state index in [0.29, 0.717) is 6.54 Å². The molecule has 25 heavy (non-hydrogen) atoms. The number of benzene rings is 1. The number of fused-ring (bicyclic) bond motifs is 1. The molecule has 2 aliphatic heterocycles. The van der Waals surface area contributed by atoms with Crippen molar-refractivity contribution < 1.29 is 14.7 Å². The molecule has 1 aromatic carbocycles. The fourth-order valence-corrected chi connectivity index (χ4v) is 4.41. The third kappa shape index (κ3) is 4.21. The van der Waals surface area contributed by atoms with E-state index in [1.807, 2.05) is 11.0 Å². The highest BCUT2D eigenvalue weighted by Gasteiger charge is 2.40. The van der Waals surface area contributed by atoms with Crippen LogP contribution in [0.1, 0.15) is 43.7 Å². The zero-order valence-electron chi connectivity index (χ0n) is 15.0. The summed E-state index contributed by atoms with van der Waals surface area (Å²) < 4.78 is 0. The summed E-state index contributed by atoms with van der Waals surface area (Å²) in [7, 11) is 0. The fraction of sp³-hybridized carbons (Fsp3) is 0.600. The topological polar surface area (TPSA) is 60.9 Å². The average molecular weight is 344 g/mol. The van der Waals surface area contributed by atoms with Gasteiger partial charge in [0.05, 0.1) is 6.42 Å². The van der Waals surface area contributed by atoms with Crippen molar-refractivity contribution in [1.29, 1.82) is 0 Å². The van der Waals surface area contributed by atoms with Crippen molar-refractivity contribution in [3.63, 3.8) is 0 Å². The highest BCUT2D eigenvalue weighted by Crippen LogP contribution is 2.38. The van der Waals surface area contributed by atoms with Crippen LogP contribution in [0.15, 0.2) is 24.3 Å². The van der Waals surface area contributed by atoms with Gasteiger partial charge in [0.1, 0.15) is 0 Å². The van der Waals surface area contributed by atoms with Crippen molar-refractivity contribution in [2.45, 2.75) is 45.6 Å². The number of aliphatic carboxylic acids is 1. The van der Waals surface area contributed by atoms with Crippen LogP contribution in [0.2, 0.25) is 0 Å². The molecule has 2 aliphatic rings. The molecule has 1 aromatic rings.